The van der Waals surface area contributed by atoms with E-state index in [0.717, 1.165) is 55.3 Å². The maximum absolute atomic E-state index is 9.97. The Morgan fingerprint density at radius 3 is 2.87 bits per heavy atom. The molecule has 1 atom stereocenters. The molecule has 0 radical (unpaired) electrons. The number of hydrogen-bond donors (Lipinski definition) is 2. The summed E-state index contributed by atoms with van der Waals surface area (Å²) in [6, 6.07) is 13.8. The molecular formula is C23H21BrN4O2. The van der Waals surface area contributed by atoms with Crippen LogP contribution in [0.15, 0.2) is 53.1 Å². The van der Waals surface area contributed by atoms with Crippen molar-refractivity contribution in [2.24, 2.45) is 0 Å². The van der Waals surface area contributed by atoms with Crippen LogP contribution in [0.3, 0.4) is 0 Å². The number of nitrogens with zero attached hydrogens (tertiary/aromatic N) is 3. The molecule has 7 heteroatoms. The molecule has 4 aromatic rings. The van der Waals surface area contributed by atoms with E-state index >= 15 is 0 Å². The predicted octanol–water partition coefficient (Wildman–Crippen LogP) is 4.90. The van der Waals surface area contributed by atoms with Crippen LogP contribution < -0.4 is 9.64 Å². The highest BCUT2D eigenvalue weighted by molar-refractivity contribution is 9.10. The highest BCUT2D eigenvalue weighted by Crippen LogP contribution is 2.44. The number of fused-ring (bicyclic) bond motifs is 2. The van der Waals surface area contributed by atoms with Gasteiger partial charge in [-0.2, -0.15) is 0 Å². The molecular weight excluding hydrogens is 444 g/mol. The quantitative estimate of drug-likeness (QED) is 0.451. The van der Waals surface area contributed by atoms with Crippen molar-refractivity contribution in [3.05, 3.63) is 64.3 Å². The number of halogens is 1. The number of anilines is 2. The summed E-state index contributed by atoms with van der Waals surface area (Å²) in [5.74, 6) is 2.27. The summed E-state index contributed by atoms with van der Waals surface area (Å²) < 4.78 is 7.15. The number of pyridine rings is 1. The van der Waals surface area contributed by atoms with Gasteiger partial charge in [-0.3, -0.25) is 0 Å². The summed E-state index contributed by atoms with van der Waals surface area (Å²) in [6.45, 7) is 4.39. The fourth-order valence-corrected chi connectivity index (χ4v) is 4.50. The number of aliphatic hydroxyl groups is 1. The molecule has 2 aromatic carbocycles. The minimum Gasteiger partial charge on any atom is -0.488 e. The van der Waals surface area contributed by atoms with Crippen LogP contribution in [0.4, 0.5) is 11.5 Å². The van der Waals surface area contributed by atoms with Gasteiger partial charge in [-0.1, -0.05) is 28.1 Å². The van der Waals surface area contributed by atoms with Crippen LogP contribution in [0, 0.1) is 13.8 Å². The number of benzene rings is 2. The monoisotopic (exact) mass is 464 g/mol. The van der Waals surface area contributed by atoms with Crippen LogP contribution in [0.5, 0.6) is 5.75 Å². The molecule has 0 spiro atoms. The first-order chi connectivity index (χ1) is 14.5. The Kier molecular flexibility index (Phi) is 4.72. The SMILES string of the molecule is Cc1ccc(N2c3cccc(-c4nc5c(C)cc(Br)cc5[nH]4)c3OC[C@@H]2CO)nc1. The van der Waals surface area contributed by atoms with Gasteiger partial charge in [-0.15, -0.1) is 0 Å². The van der Waals surface area contributed by atoms with E-state index in [1.54, 1.807) is 0 Å². The lowest BCUT2D eigenvalue weighted by atomic mass is 10.1. The van der Waals surface area contributed by atoms with Crippen LogP contribution in [0.2, 0.25) is 0 Å². The highest BCUT2D eigenvalue weighted by atomic mass is 79.9. The lowest BCUT2D eigenvalue weighted by molar-refractivity contribution is 0.195. The van der Waals surface area contributed by atoms with Gasteiger partial charge >= 0.3 is 0 Å². The number of aromatic nitrogens is 3. The van der Waals surface area contributed by atoms with Crippen LogP contribution in [0.1, 0.15) is 11.1 Å². The molecule has 0 aliphatic carbocycles. The zero-order valence-electron chi connectivity index (χ0n) is 16.7. The topological polar surface area (TPSA) is 74.3 Å². The maximum atomic E-state index is 9.97. The van der Waals surface area contributed by atoms with Crippen molar-refractivity contribution >= 4 is 38.5 Å². The third-order valence-electron chi connectivity index (χ3n) is 5.39. The number of nitrogens with one attached hydrogen (secondary N) is 1. The summed E-state index contributed by atoms with van der Waals surface area (Å²) in [6.07, 6.45) is 1.84. The molecule has 30 heavy (non-hydrogen) atoms. The average Bonchev–Trinajstić information content (AvgIpc) is 3.17. The molecule has 0 bridgehead atoms. The second kappa shape index (κ2) is 7.41. The smallest absolute Gasteiger partial charge is 0.154 e. The number of aliphatic hydroxyl groups excluding tert-OH is 1. The molecule has 3 heterocycles. The van der Waals surface area contributed by atoms with Crippen molar-refractivity contribution in [3.8, 4) is 17.1 Å². The van der Waals surface area contributed by atoms with Gasteiger partial charge in [0, 0.05) is 10.7 Å². The van der Waals surface area contributed by atoms with Crippen LogP contribution in [0.25, 0.3) is 22.4 Å². The van der Waals surface area contributed by atoms with E-state index in [4.69, 9.17) is 9.72 Å². The molecule has 152 valence electrons. The first-order valence-electron chi connectivity index (χ1n) is 9.80. The van der Waals surface area contributed by atoms with Gasteiger partial charge in [-0.25, -0.2) is 9.97 Å². The number of para-hydroxylation sites is 1. The van der Waals surface area contributed by atoms with E-state index in [0.29, 0.717) is 6.61 Å². The van der Waals surface area contributed by atoms with E-state index in [2.05, 4.69) is 32.0 Å². The van der Waals surface area contributed by atoms with Gasteiger partial charge in [-0.05, 0) is 55.3 Å². The van der Waals surface area contributed by atoms with Crippen molar-refractivity contribution in [2.75, 3.05) is 18.1 Å². The zero-order chi connectivity index (χ0) is 20.8. The van der Waals surface area contributed by atoms with Gasteiger partial charge in [0.05, 0.1) is 34.9 Å². The maximum Gasteiger partial charge on any atom is 0.154 e. The number of hydrogen-bond acceptors (Lipinski definition) is 5. The van der Waals surface area contributed by atoms with E-state index in [9.17, 15) is 5.11 Å². The molecule has 1 aliphatic rings. The van der Waals surface area contributed by atoms with Crippen molar-refractivity contribution in [2.45, 2.75) is 19.9 Å². The molecule has 6 nitrogen and oxygen atoms in total. The van der Waals surface area contributed by atoms with Crippen LogP contribution in [-0.4, -0.2) is 39.3 Å². The molecule has 2 N–H and O–H groups in total. The first kappa shape index (κ1) is 19.1. The number of aromatic amines is 1. The third-order valence-corrected chi connectivity index (χ3v) is 5.85. The molecule has 0 saturated carbocycles. The van der Waals surface area contributed by atoms with Crippen LogP contribution >= 0.6 is 15.9 Å². The Morgan fingerprint density at radius 1 is 1.23 bits per heavy atom. The third kappa shape index (κ3) is 3.14. The van der Waals surface area contributed by atoms with Crippen molar-refractivity contribution < 1.29 is 9.84 Å². The van der Waals surface area contributed by atoms with E-state index in [1.165, 1.54) is 0 Å². The van der Waals surface area contributed by atoms with Gasteiger partial charge in [0.25, 0.3) is 0 Å². The molecule has 0 amide bonds. The summed E-state index contributed by atoms with van der Waals surface area (Å²) in [5, 5.41) is 9.97. The predicted molar refractivity (Wildman–Crippen MR) is 121 cm³/mol. The zero-order valence-corrected chi connectivity index (χ0v) is 18.3. The number of imidazole rings is 1. The average molecular weight is 465 g/mol. The summed E-state index contributed by atoms with van der Waals surface area (Å²) >= 11 is 3.55. The van der Waals surface area contributed by atoms with E-state index < -0.39 is 0 Å². The minimum absolute atomic E-state index is 0.0307. The second-order valence-electron chi connectivity index (χ2n) is 7.57. The Labute approximate surface area is 182 Å². The molecule has 5 rings (SSSR count). The Balaban J connectivity index is 1.66. The molecule has 0 saturated heterocycles. The van der Waals surface area contributed by atoms with Crippen molar-refractivity contribution in [1.82, 2.24) is 15.0 Å². The highest BCUT2D eigenvalue weighted by Gasteiger charge is 2.31. The standard InChI is InChI=1S/C23H21BrN4O2/c1-13-6-7-20(25-10-13)28-16(11-29)12-30-22-17(4-3-5-19(22)28)23-26-18-9-15(24)8-14(2)21(18)27-23/h3-10,16,29H,11-12H2,1-2H3,(H,26,27)/t16-/m0/s1. The molecule has 0 unspecified atom stereocenters. The summed E-state index contributed by atoms with van der Waals surface area (Å²) in [4.78, 5) is 14.9. The van der Waals surface area contributed by atoms with E-state index in [-0.39, 0.29) is 12.6 Å². The number of aryl methyl sites for hydroxylation is 2. The van der Waals surface area contributed by atoms with E-state index in [1.807, 2.05) is 61.3 Å². The van der Waals surface area contributed by atoms with Crippen LogP contribution in [-0.2, 0) is 0 Å². The Morgan fingerprint density at radius 2 is 2.10 bits per heavy atom. The number of H-pyrrole nitrogens is 1. The normalized spacial score (nSPS) is 15.9. The summed E-state index contributed by atoms with van der Waals surface area (Å²) in [5.41, 5.74) is 5.84. The Hall–Kier alpha value is -2.90. The summed E-state index contributed by atoms with van der Waals surface area (Å²) in [7, 11) is 0. The van der Waals surface area contributed by atoms with Gasteiger partial charge in [0.15, 0.2) is 5.75 Å². The van der Waals surface area contributed by atoms with Crippen molar-refractivity contribution in [3.63, 3.8) is 0 Å². The van der Waals surface area contributed by atoms with Crippen molar-refractivity contribution in [1.29, 1.82) is 0 Å². The lowest BCUT2D eigenvalue weighted by Crippen LogP contribution is -2.43. The molecule has 1 aliphatic heterocycles. The number of rotatable bonds is 3. The Bertz CT molecular complexity index is 1240. The van der Waals surface area contributed by atoms with Gasteiger partial charge in [0.1, 0.15) is 18.2 Å². The largest absolute Gasteiger partial charge is 0.488 e. The fraction of sp³-hybridized carbons (Fsp3) is 0.217. The lowest BCUT2D eigenvalue weighted by Gasteiger charge is -2.37. The number of ether oxygens (including phenoxy) is 1. The molecule has 0 fully saturated rings. The first-order valence-corrected chi connectivity index (χ1v) is 10.6. The minimum atomic E-state index is -0.211. The second-order valence-corrected chi connectivity index (χ2v) is 8.48. The van der Waals surface area contributed by atoms with Gasteiger partial charge in [0.2, 0.25) is 0 Å². The fourth-order valence-electron chi connectivity index (χ4n) is 3.92. The van der Waals surface area contributed by atoms with Gasteiger partial charge < -0.3 is 19.7 Å². The molecule has 2 aromatic heterocycles.